The minimum Gasteiger partial charge on any atom is -0.508 e. The number of rotatable bonds is 1. The molecule has 7 heteroatoms. The van der Waals surface area contributed by atoms with E-state index in [1.165, 1.54) is 10.6 Å². The van der Waals surface area contributed by atoms with Gasteiger partial charge in [0.05, 0.1) is 12.4 Å². The second kappa shape index (κ2) is 6.39. The number of phenolic OH excluding ortho intramolecular Hbond substituents is 1. The molecule has 0 unspecified atom stereocenters. The Balaban J connectivity index is 1.68. The Morgan fingerprint density at radius 1 is 1.13 bits per heavy atom. The topological polar surface area (TPSA) is 87.1 Å². The Bertz CT molecular complexity index is 1050. The summed E-state index contributed by atoms with van der Waals surface area (Å²) < 4.78 is 33.0. The minimum absolute atomic E-state index is 0.166. The lowest BCUT2D eigenvalue weighted by molar-refractivity contribution is -0.233. The number of nitrogens with zero attached hydrogens (tertiary/aromatic N) is 1. The van der Waals surface area contributed by atoms with Crippen LogP contribution in [0, 0.1) is 22.7 Å². The van der Waals surface area contributed by atoms with Gasteiger partial charge in [0.2, 0.25) is 10.0 Å². The van der Waals surface area contributed by atoms with E-state index in [2.05, 4.69) is 27.7 Å². The van der Waals surface area contributed by atoms with E-state index in [0.29, 0.717) is 24.5 Å². The third kappa shape index (κ3) is 2.72. The first-order chi connectivity index (χ1) is 14.3. The van der Waals surface area contributed by atoms with Crippen LogP contribution in [0.4, 0.5) is 0 Å². The van der Waals surface area contributed by atoms with Crippen LogP contribution in [0.3, 0.4) is 0 Å². The van der Waals surface area contributed by atoms with Crippen molar-refractivity contribution in [1.29, 1.82) is 0 Å². The fraction of sp³-hybridized carbons (Fsp3) is 0.750. The maximum atomic E-state index is 12.2. The molecule has 1 spiro atoms. The van der Waals surface area contributed by atoms with Gasteiger partial charge in [-0.1, -0.05) is 27.7 Å². The molecule has 2 aliphatic carbocycles. The summed E-state index contributed by atoms with van der Waals surface area (Å²) in [5.74, 6) is 1.53. The normalized spacial score (nSPS) is 39.1. The predicted octanol–water partition coefficient (Wildman–Crippen LogP) is 3.57. The van der Waals surface area contributed by atoms with Crippen molar-refractivity contribution in [3.8, 4) is 11.5 Å². The molecule has 2 heterocycles. The van der Waals surface area contributed by atoms with Crippen LogP contribution in [0.1, 0.15) is 70.1 Å². The first-order valence-electron chi connectivity index (χ1n) is 11.5. The monoisotopic (exact) mass is 449 g/mol. The van der Waals surface area contributed by atoms with E-state index in [9.17, 15) is 18.6 Å². The standard InChI is InChI=1S/C24H35NO5S/c1-14-6-7-19-22(2,3)20(27)8-9-24(19)23(14,4)11-16-18(26)10-15-12-25(31(5,28)29)13-17(15)21(16)30-24/h10,14,19-20,26-27H,6-9,11-13H2,1-5H3/t14-,19-,20-,23+,24-/m0/s1. The summed E-state index contributed by atoms with van der Waals surface area (Å²) >= 11 is 0. The smallest absolute Gasteiger partial charge is 0.211 e. The van der Waals surface area contributed by atoms with Crippen LogP contribution in [0.15, 0.2) is 6.07 Å². The second-order valence-electron chi connectivity index (χ2n) is 11.4. The molecular formula is C24H35NO5S. The Labute approximate surface area is 185 Å². The van der Waals surface area contributed by atoms with Crippen LogP contribution in [0.25, 0.3) is 0 Å². The molecule has 2 aliphatic heterocycles. The van der Waals surface area contributed by atoms with E-state index in [-0.39, 0.29) is 41.7 Å². The largest absolute Gasteiger partial charge is 0.508 e. The van der Waals surface area contributed by atoms with E-state index in [0.717, 1.165) is 36.0 Å². The number of aromatic hydroxyl groups is 1. The molecule has 2 fully saturated rings. The van der Waals surface area contributed by atoms with Crippen LogP contribution < -0.4 is 4.74 Å². The zero-order valence-electron chi connectivity index (χ0n) is 19.2. The van der Waals surface area contributed by atoms with E-state index in [4.69, 9.17) is 4.74 Å². The van der Waals surface area contributed by atoms with Crippen LogP contribution >= 0.6 is 0 Å². The predicted molar refractivity (Wildman–Crippen MR) is 118 cm³/mol. The van der Waals surface area contributed by atoms with Gasteiger partial charge in [-0.15, -0.1) is 0 Å². The number of hydrogen-bond donors (Lipinski definition) is 2. The molecule has 1 aromatic rings. The van der Waals surface area contributed by atoms with Gasteiger partial charge in [-0.2, -0.15) is 4.31 Å². The molecular weight excluding hydrogens is 414 g/mol. The van der Waals surface area contributed by atoms with Gasteiger partial charge >= 0.3 is 0 Å². The molecule has 5 atom stereocenters. The molecule has 0 aromatic heterocycles. The lowest BCUT2D eigenvalue weighted by Gasteiger charge is -2.67. The molecule has 31 heavy (non-hydrogen) atoms. The third-order valence-electron chi connectivity index (χ3n) is 9.59. The number of sulfonamides is 1. The Morgan fingerprint density at radius 2 is 1.84 bits per heavy atom. The van der Waals surface area contributed by atoms with Gasteiger partial charge in [0, 0.05) is 35.5 Å². The number of phenols is 1. The van der Waals surface area contributed by atoms with Crippen molar-refractivity contribution in [3.63, 3.8) is 0 Å². The van der Waals surface area contributed by atoms with Gasteiger partial charge in [0.1, 0.15) is 17.1 Å². The highest BCUT2D eigenvalue weighted by molar-refractivity contribution is 7.88. The van der Waals surface area contributed by atoms with Crippen LogP contribution in [0.2, 0.25) is 0 Å². The highest BCUT2D eigenvalue weighted by Gasteiger charge is 2.67. The molecule has 6 nitrogen and oxygen atoms in total. The van der Waals surface area contributed by atoms with E-state index >= 15 is 0 Å². The zero-order chi connectivity index (χ0) is 22.6. The molecule has 2 saturated carbocycles. The first-order valence-corrected chi connectivity index (χ1v) is 13.3. The SMILES string of the molecule is C[C@H]1CC[C@H]2C(C)(C)[C@@H](O)CC[C@]23Oc2c(c(O)cc4c2CN(S(C)(=O)=O)C4)C[C@]13C. The summed E-state index contributed by atoms with van der Waals surface area (Å²) in [6.45, 7) is 9.48. The van der Waals surface area contributed by atoms with E-state index in [1.54, 1.807) is 6.07 Å². The van der Waals surface area contributed by atoms with Crippen molar-refractivity contribution in [1.82, 2.24) is 4.31 Å². The summed E-state index contributed by atoms with van der Waals surface area (Å²) in [7, 11) is -3.34. The summed E-state index contributed by atoms with van der Waals surface area (Å²) in [5.41, 5.74) is 1.68. The van der Waals surface area contributed by atoms with Crippen molar-refractivity contribution < 1.29 is 23.4 Å². The summed E-state index contributed by atoms with van der Waals surface area (Å²) in [6, 6.07) is 1.74. The summed E-state index contributed by atoms with van der Waals surface area (Å²) in [4.78, 5) is 0. The van der Waals surface area contributed by atoms with Crippen molar-refractivity contribution in [2.75, 3.05) is 6.26 Å². The molecule has 172 valence electrons. The number of benzene rings is 1. The second-order valence-corrected chi connectivity index (χ2v) is 13.3. The fourth-order valence-electron chi connectivity index (χ4n) is 7.33. The maximum Gasteiger partial charge on any atom is 0.211 e. The maximum absolute atomic E-state index is 12.2. The number of fused-ring (bicyclic) bond motifs is 3. The molecule has 1 aromatic carbocycles. The highest BCUT2D eigenvalue weighted by Crippen LogP contribution is 2.67. The van der Waals surface area contributed by atoms with E-state index in [1.807, 2.05) is 0 Å². The fourth-order valence-corrected chi connectivity index (χ4v) is 8.07. The molecule has 0 saturated heterocycles. The zero-order valence-corrected chi connectivity index (χ0v) is 20.1. The van der Waals surface area contributed by atoms with Crippen molar-refractivity contribution in [2.45, 2.75) is 84.6 Å². The Morgan fingerprint density at radius 3 is 2.52 bits per heavy atom. The number of aliphatic hydroxyl groups is 1. The van der Waals surface area contributed by atoms with Crippen molar-refractivity contribution >= 4 is 10.0 Å². The van der Waals surface area contributed by atoms with Crippen molar-refractivity contribution in [3.05, 3.63) is 22.8 Å². The molecule has 0 radical (unpaired) electrons. The van der Waals surface area contributed by atoms with Gasteiger partial charge in [-0.25, -0.2) is 8.42 Å². The average molecular weight is 450 g/mol. The lowest BCUT2D eigenvalue weighted by Crippen LogP contribution is -2.70. The quantitative estimate of drug-likeness (QED) is 0.684. The Kier molecular flexibility index (Phi) is 4.44. The minimum atomic E-state index is -3.34. The van der Waals surface area contributed by atoms with Crippen molar-refractivity contribution in [2.24, 2.45) is 22.7 Å². The van der Waals surface area contributed by atoms with Gasteiger partial charge in [0.15, 0.2) is 0 Å². The van der Waals surface area contributed by atoms with Gasteiger partial charge in [-0.3, -0.25) is 0 Å². The Hall–Kier alpha value is -1.31. The summed E-state index contributed by atoms with van der Waals surface area (Å²) in [6.07, 6.45) is 5.13. The lowest BCUT2D eigenvalue weighted by atomic mass is 9.43. The van der Waals surface area contributed by atoms with Gasteiger partial charge in [-0.05, 0) is 55.1 Å². The molecule has 0 amide bonds. The van der Waals surface area contributed by atoms with Crippen LogP contribution in [0.5, 0.6) is 11.5 Å². The molecule has 5 rings (SSSR count). The first kappa shape index (κ1) is 21.5. The summed E-state index contributed by atoms with van der Waals surface area (Å²) in [5, 5.41) is 21.8. The molecule has 0 bridgehead atoms. The van der Waals surface area contributed by atoms with Crippen LogP contribution in [-0.2, 0) is 29.5 Å². The third-order valence-corrected chi connectivity index (χ3v) is 10.8. The highest BCUT2D eigenvalue weighted by atomic mass is 32.2. The molecule has 2 N–H and O–H groups in total. The van der Waals surface area contributed by atoms with Gasteiger partial charge < -0.3 is 14.9 Å². The van der Waals surface area contributed by atoms with Crippen LogP contribution in [-0.4, -0.2) is 40.9 Å². The average Bonchev–Trinajstić information content (AvgIpc) is 3.10. The number of hydrogen-bond acceptors (Lipinski definition) is 5. The van der Waals surface area contributed by atoms with E-state index < -0.39 is 15.6 Å². The van der Waals surface area contributed by atoms with Gasteiger partial charge in [0.25, 0.3) is 0 Å². The molecule has 4 aliphatic rings. The number of aliphatic hydroxyl groups excluding tert-OH is 1. The number of ether oxygens (including phenoxy) is 1.